The second kappa shape index (κ2) is 6.21. The van der Waals surface area contributed by atoms with E-state index in [1.807, 2.05) is 0 Å². The molecule has 1 heterocycles. The summed E-state index contributed by atoms with van der Waals surface area (Å²) in [5.41, 5.74) is 0.752. The molecule has 0 fully saturated rings. The Labute approximate surface area is 126 Å². The van der Waals surface area contributed by atoms with E-state index >= 15 is 0 Å². The third kappa shape index (κ3) is 3.03. The zero-order valence-electron chi connectivity index (χ0n) is 12.3. The predicted octanol–water partition coefficient (Wildman–Crippen LogP) is 1.58. The van der Waals surface area contributed by atoms with E-state index in [2.05, 4.69) is 9.72 Å². The molecule has 0 amide bonds. The second-order valence-corrected chi connectivity index (χ2v) is 4.49. The molecule has 0 spiro atoms. The standard InChI is InChI=1S/C15H14N2O5/c1-9(18)22-14(19)10-4-5-11(12(8-10)15(20)21-3)13-16-6-7-17(13)2/h4-8H,1-3H3. The topological polar surface area (TPSA) is 87.5 Å². The van der Waals surface area contributed by atoms with Crippen LogP contribution in [0.4, 0.5) is 0 Å². The normalized spacial score (nSPS) is 10.1. The molecular formula is C15H14N2O5. The number of benzene rings is 1. The fourth-order valence-corrected chi connectivity index (χ4v) is 1.96. The van der Waals surface area contributed by atoms with Crippen LogP contribution in [0.15, 0.2) is 30.6 Å². The van der Waals surface area contributed by atoms with E-state index < -0.39 is 17.9 Å². The van der Waals surface area contributed by atoms with Crippen LogP contribution in [-0.4, -0.2) is 34.6 Å². The lowest BCUT2D eigenvalue weighted by Crippen LogP contribution is -2.12. The summed E-state index contributed by atoms with van der Waals surface area (Å²) in [6.45, 7) is 1.13. The minimum atomic E-state index is -0.830. The van der Waals surface area contributed by atoms with Crippen molar-refractivity contribution < 1.29 is 23.9 Å². The van der Waals surface area contributed by atoms with Crippen LogP contribution >= 0.6 is 0 Å². The van der Waals surface area contributed by atoms with Gasteiger partial charge in [-0.05, 0) is 18.2 Å². The van der Waals surface area contributed by atoms with Crippen molar-refractivity contribution >= 4 is 17.9 Å². The van der Waals surface area contributed by atoms with Gasteiger partial charge >= 0.3 is 17.9 Å². The van der Waals surface area contributed by atoms with Gasteiger partial charge in [-0.1, -0.05) is 0 Å². The van der Waals surface area contributed by atoms with Gasteiger partial charge in [0.1, 0.15) is 5.82 Å². The number of rotatable bonds is 3. The van der Waals surface area contributed by atoms with E-state index in [0.717, 1.165) is 6.92 Å². The monoisotopic (exact) mass is 302 g/mol. The van der Waals surface area contributed by atoms with Crippen molar-refractivity contribution in [1.82, 2.24) is 9.55 Å². The average molecular weight is 302 g/mol. The molecule has 2 aromatic rings. The van der Waals surface area contributed by atoms with E-state index in [9.17, 15) is 14.4 Å². The Morgan fingerprint density at radius 1 is 1.18 bits per heavy atom. The molecule has 7 nitrogen and oxygen atoms in total. The highest BCUT2D eigenvalue weighted by molar-refractivity contribution is 6.02. The van der Waals surface area contributed by atoms with Gasteiger partial charge in [0, 0.05) is 31.9 Å². The van der Waals surface area contributed by atoms with Gasteiger partial charge in [0.15, 0.2) is 0 Å². The first-order chi connectivity index (χ1) is 10.4. The number of aromatic nitrogens is 2. The molecule has 0 aliphatic carbocycles. The van der Waals surface area contributed by atoms with E-state index in [4.69, 9.17) is 4.74 Å². The molecule has 22 heavy (non-hydrogen) atoms. The molecule has 0 unspecified atom stereocenters. The highest BCUT2D eigenvalue weighted by Crippen LogP contribution is 2.24. The van der Waals surface area contributed by atoms with Gasteiger partial charge in [-0.3, -0.25) is 4.79 Å². The number of ether oxygens (including phenoxy) is 2. The number of aryl methyl sites for hydroxylation is 1. The Morgan fingerprint density at radius 2 is 1.91 bits per heavy atom. The second-order valence-electron chi connectivity index (χ2n) is 4.49. The summed E-state index contributed by atoms with van der Waals surface area (Å²) in [7, 11) is 3.02. The van der Waals surface area contributed by atoms with Crippen LogP contribution in [0.5, 0.6) is 0 Å². The van der Waals surface area contributed by atoms with Gasteiger partial charge in [-0.2, -0.15) is 0 Å². The third-order valence-electron chi connectivity index (χ3n) is 2.96. The predicted molar refractivity (Wildman–Crippen MR) is 76.1 cm³/mol. The zero-order valence-corrected chi connectivity index (χ0v) is 12.3. The summed E-state index contributed by atoms with van der Waals surface area (Å²) in [4.78, 5) is 38.8. The maximum absolute atomic E-state index is 12.0. The van der Waals surface area contributed by atoms with Gasteiger partial charge in [0.05, 0.1) is 18.2 Å². The third-order valence-corrected chi connectivity index (χ3v) is 2.96. The van der Waals surface area contributed by atoms with Crippen molar-refractivity contribution in [3.63, 3.8) is 0 Å². The lowest BCUT2D eigenvalue weighted by atomic mass is 10.0. The minimum absolute atomic E-state index is 0.0774. The first kappa shape index (κ1) is 15.4. The van der Waals surface area contributed by atoms with Gasteiger partial charge in [-0.15, -0.1) is 0 Å². The van der Waals surface area contributed by atoms with Crippen LogP contribution in [0.25, 0.3) is 11.4 Å². The number of esters is 3. The highest BCUT2D eigenvalue weighted by atomic mass is 16.6. The Hall–Kier alpha value is -2.96. The van der Waals surface area contributed by atoms with Crippen LogP contribution in [0, 0.1) is 0 Å². The Morgan fingerprint density at radius 3 is 2.45 bits per heavy atom. The van der Waals surface area contributed by atoms with E-state index in [0.29, 0.717) is 11.4 Å². The molecule has 0 aliphatic heterocycles. The molecule has 0 saturated heterocycles. The maximum Gasteiger partial charge on any atom is 0.345 e. The molecule has 0 aliphatic rings. The van der Waals surface area contributed by atoms with Gasteiger partial charge in [0.2, 0.25) is 0 Å². The Balaban J connectivity index is 2.53. The number of nitrogens with zero attached hydrogens (tertiary/aromatic N) is 2. The fourth-order valence-electron chi connectivity index (χ4n) is 1.96. The number of imidazole rings is 1. The lowest BCUT2D eigenvalue weighted by molar-refractivity contribution is -0.135. The van der Waals surface area contributed by atoms with E-state index in [1.165, 1.54) is 19.2 Å². The van der Waals surface area contributed by atoms with Gasteiger partial charge < -0.3 is 14.0 Å². The first-order valence-corrected chi connectivity index (χ1v) is 6.37. The van der Waals surface area contributed by atoms with Crippen molar-refractivity contribution in [1.29, 1.82) is 0 Å². The number of hydrogen-bond acceptors (Lipinski definition) is 6. The van der Waals surface area contributed by atoms with Crippen molar-refractivity contribution in [3.8, 4) is 11.4 Å². The zero-order chi connectivity index (χ0) is 16.3. The largest absolute Gasteiger partial charge is 0.465 e. The quantitative estimate of drug-likeness (QED) is 0.632. The van der Waals surface area contributed by atoms with Gasteiger partial charge in [0.25, 0.3) is 0 Å². The molecule has 1 aromatic carbocycles. The summed E-state index contributed by atoms with van der Waals surface area (Å²) >= 11 is 0. The summed E-state index contributed by atoms with van der Waals surface area (Å²) in [6.07, 6.45) is 3.32. The maximum atomic E-state index is 12.0. The average Bonchev–Trinajstić information content (AvgIpc) is 2.91. The van der Waals surface area contributed by atoms with Crippen molar-refractivity contribution in [2.75, 3.05) is 7.11 Å². The molecule has 7 heteroatoms. The fraction of sp³-hybridized carbons (Fsp3) is 0.200. The van der Waals surface area contributed by atoms with E-state index in [-0.39, 0.29) is 11.1 Å². The minimum Gasteiger partial charge on any atom is -0.465 e. The molecular weight excluding hydrogens is 288 g/mol. The molecule has 2 rings (SSSR count). The number of carbonyl (C=O) groups excluding carboxylic acids is 3. The van der Waals surface area contributed by atoms with E-state index in [1.54, 1.807) is 30.1 Å². The Kier molecular flexibility index (Phi) is 4.36. The number of methoxy groups -OCH3 is 1. The van der Waals surface area contributed by atoms with Crippen molar-refractivity contribution in [3.05, 3.63) is 41.7 Å². The molecule has 1 aromatic heterocycles. The first-order valence-electron chi connectivity index (χ1n) is 6.37. The summed E-state index contributed by atoms with van der Waals surface area (Å²) in [6, 6.07) is 4.34. The highest BCUT2D eigenvalue weighted by Gasteiger charge is 2.20. The lowest BCUT2D eigenvalue weighted by Gasteiger charge is -2.09. The molecule has 114 valence electrons. The molecule has 0 atom stereocenters. The van der Waals surface area contributed by atoms with Crippen LogP contribution in [0.1, 0.15) is 27.6 Å². The SMILES string of the molecule is COC(=O)c1cc(C(=O)OC(C)=O)ccc1-c1nccn1C. The molecule has 0 N–H and O–H groups in total. The Bertz CT molecular complexity index is 748. The van der Waals surface area contributed by atoms with Gasteiger partial charge in [-0.25, -0.2) is 14.6 Å². The van der Waals surface area contributed by atoms with Crippen LogP contribution in [0.2, 0.25) is 0 Å². The van der Waals surface area contributed by atoms with Crippen molar-refractivity contribution in [2.24, 2.45) is 7.05 Å². The van der Waals surface area contributed by atoms with Crippen LogP contribution < -0.4 is 0 Å². The summed E-state index contributed by atoms with van der Waals surface area (Å²) in [5.74, 6) is -1.62. The van der Waals surface area contributed by atoms with Crippen LogP contribution in [0.3, 0.4) is 0 Å². The van der Waals surface area contributed by atoms with Crippen LogP contribution in [-0.2, 0) is 21.3 Å². The molecule has 0 saturated carbocycles. The summed E-state index contributed by atoms with van der Waals surface area (Å²) < 4.78 is 11.0. The number of hydrogen-bond donors (Lipinski definition) is 0. The molecule has 0 bridgehead atoms. The molecule has 0 radical (unpaired) electrons. The smallest absolute Gasteiger partial charge is 0.345 e. The number of carbonyl (C=O) groups is 3. The summed E-state index contributed by atoms with van der Waals surface area (Å²) in [5, 5.41) is 0. The van der Waals surface area contributed by atoms with Crippen molar-refractivity contribution in [2.45, 2.75) is 6.92 Å².